The number of hydrogen-bond donors (Lipinski definition) is 0. The first kappa shape index (κ1) is 15.8. The Labute approximate surface area is 134 Å². The number of rotatable bonds is 8. The topological polar surface area (TPSA) is 26.3 Å². The van der Waals surface area contributed by atoms with Gasteiger partial charge >= 0.3 is 0 Å². The standard InChI is InChI=1S/C18H19BrO2/c19-13-5-2-6-14-21-17-11-9-16(10-12-17)18(20)15-7-3-1-4-8-15/h1,3-4,7-12H,2,5-6,13-14H2. The SMILES string of the molecule is O=C(c1ccccc1)c1ccc(OCCCCCBr)cc1. The van der Waals surface area contributed by atoms with Gasteiger partial charge in [-0.1, -0.05) is 46.3 Å². The third kappa shape index (κ3) is 5.01. The molecule has 0 bridgehead atoms. The van der Waals surface area contributed by atoms with Crippen LogP contribution in [-0.2, 0) is 0 Å². The van der Waals surface area contributed by atoms with Gasteiger partial charge in [0, 0.05) is 16.5 Å². The van der Waals surface area contributed by atoms with Crippen LogP contribution in [0.2, 0.25) is 0 Å². The van der Waals surface area contributed by atoms with Crippen molar-refractivity contribution in [3.8, 4) is 5.75 Å². The van der Waals surface area contributed by atoms with E-state index in [-0.39, 0.29) is 5.78 Å². The smallest absolute Gasteiger partial charge is 0.193 e. The molecule has 0 aromatic heterocycles. The minimum atomic E-state index is 0.0412. The highest BCUT2D eigenvalue weighted by Crippen LogP contribution is 2.16. The molecule has 0 saturated carbocycles. The lowest BCUT2D eigenvalue weighted by molar-refractivity contribution is 0.103. The normalized spacial score (nSPS) is 10.3. The van der Waals surface area contributed by atoms with Crippen molar-refractivity contribution in [3.05, 3.63) is 65.7 Å². The van der Waals surface area contributed by atoms with Crippen LogP contribution in [0.3, 0.4) is 0 Å². The van der Waals surface area contributed by atoms with E-state index in [1.165, 1.54) is 6.42 Å². The van der Waals surface area contributed by atoms with Crippen LogP contribution in [0.4, 0.5) is 0 Å². The second-order valence-electron chi connectivity index (χ2n) is 4.82. The van der Waals surface area contributed by atoms with Crippen LogP contribution in [0.1, 0.15) is 35.2 Å². The Morgan fingerprint density at radius 3 is 2.19 bits per heavy atom. The lowest BCUT2D eigenvalue weighted by Gasteiger charge is -2.07. The van der Waals surface area contributed by atoms with E-state index in [0.29, 0.717) is 11.1 Å². The molecule has 2 aromatic carbocycles. The van der Waals surface area contributed by atoms with Gasteiger partial charge in [-0.25, -0.2) is 0 Å². The second-order valence-corrected chi connectivity index (χ2v) is 5.61. The van der Waals surface area contributed by atoms with E-state index in [9.17, 15) is 4.79 Å². The lowest BCUT2D eigenvalue weighted by Crippen LogP contribution is -2.01. The Morgan fingerprint density at radius 1 is 0.857 bits per heavy atom. The molecule has 0 atom stereocenters. The first-order valence-electron chi connectivity index (χ1n) is 7.20. The summed E-state index contributed by atoms with van der Waals surface area (Å²) in [6.45, 7) is 0.721. The molecule has 0 aliphatic heterocycles. The number of alkyl halides is 1. The summed E-state index contributed by atoms with van der Waals surface area (Å²) in [4.78, 5) is 12.2. The van der Waals surface area contributed by atoms with Crippen LogP contribution in [-0.4, -0.2) is 17.7 Å². The Kier molecular flexibility index (Phi) is 6.48. The zero-order chi connectivity index (χ0) is 14.9. The molecule has 0 radical (unpaired) electrons. The number of carbonyl (C=O) groups is 1. The van der Waals surface area contributed by atoms with Crippen LogP contribution in [0.25, 0.3) is 0 Å². The molecule has 3 heteroatoms. The molecule has 0 fully saturated rings. The van der Waals surface area contributed by atoms with Gasteiger partial charge in [-0.2, -0.15) is 0 Å². The molecule has 0 amide bonds. The Balaban J connectivity index is 1.88. The number of hydrogen-bond acceptors (Lipinski definition) is 2. The largest absolute Gasteiger partial charge is 0.494 e. The van der Waals surface area contributed by atoms with Gasteiger partial charge in [0.15, 0.2) is 5.78 Å². The molecule has 0 saturated heterocycles. The maximum absolute atomic E-state index is 12.2. The van der Waals surface area contributed by atoms with E-state index in [2.05, 4.69) is 15.9 Å². The van der Waals surface area contributed by atoms with Crippen molar-refractivity contribution in [2.45, 2.75) is 19.3 Å². The van der Waals surface area contributed by atoms with Crippen molar-refractivity contribution in [3.63, 3.8) is 0 Å². The minimum Gasteiger partial charge on any atom is -0.494 e. The number of halogens is 1. The predicted molar refractivity (Wildman–Crippen MR) is 89.5 cm³/mol. The van der Waals surface area contributed by atoms with Crippen molar-refractivity contribution >= 4 is 21.7 Å². The highest BCUT2D eigenvalue weighted by molar-refractivity contribution is 9.09. The van der Waals surface area contributed by atoms with Crippen LogP contribution in [0.5, 0.6) is 5.75 Å². The number of ketones is 1. The average Bonchev–Trinajstić information content (AvgIpc) is 2.55. The molecule has 21 heavy (non-hydrogen) atoms. The monoisotopic (exact) mass is 346 g/mol. The molecule has 2 nitrogen and oxygen atoms in total. The summed E-state index contributed by atoms with van der Waals surface area (Å²) in [6.07, 6.45) is 3.39. The molecule has 0 unspecified atom stereocenters. The fourth-order valence-electron chi connectivity index (χ4n) is 2.02. The molecule has 0 aliphatic carbocycles. The fourth-order valence-corrected chi connectivity index (χ4v) is 2.42. The van der Waals surface area contributed by atoms with Gasteiger partial charge in [-0.05, 0) is 43.5 Å². The first-order chi connectivity index (χ1) is 10.3. The van der Waals surface area contributed by atoms with E-state index >= 15 is 0 Å². The highest BCUT2D eigenvalue weighted by Gasteiger charge is 2.08. The maximum Gasteiger partial charge on any atom is 0.193 e. The zero-order valence-corrected chi connectivity index (χ0v) is 13.5. The third-order valence-corrected chi connectivity index (χ3v) is 3.76. The molecule has 110 valence electrons. The van der Waals surface area contributed by atoms with Crippen LogP contribution in [0.15, 0.2) is 54.6 Å². The number of ether oxygens (including phenoxy) is 1. The molecule has 2 rings (SSSR count). The van der Waals surface area contributed by atoms with E-state index in [1.54, 1.807) is 0 Å². The fraction of sp³-hybridized carbons (Fsp3) is 0.278. The van der Waals surface area contributed by atoms with Gasteiger partial charge in [-0.3, -0.25) is 4.79 Å². The van der Waals surface area contributed by atoms with Crippen LogP contribution < -0.4 is 4.74 Å². The highest BCUT2D eigenvalue weighted by atomic mass is 79.9. The van der Waals surface area contributed by atoms with Crippen molar-refractivity contribution < 1.29 is 9.53 Å². The predicted octanol–water partition coefficient (Wildman–Crippen LogP) is 4.86. The van der Waals surface area contributed by atoms with Crippen LogP contribution in [0, 0.1) is 0 Å². The quantitative estimate of drug-likeness (QED) is 0.387. The molecular formula is C18H19BrO2. The summed E-state index contributed by atoms with van der Waals surface area (Å²) in [6, 6.07) is 16.7. The second kappa shape index (κ2) is 8.63. The van der Waals surface area contributed by atoms with Gasteiger partial charge in [0.2, 0.25) is 0 Å². The number of unbranched alkanes of at least 4 members (excludes halogenated alkanes) is 2. The summed E-state index contributed by atoms with van der Waals surface area (Å²) in [5.41, 5.74) is 1.40. The average molecular weight is 347 g/mol. The summed E-state index contributed by atoms with van der Waals surface area (Å²) in [5.74, 6) is 0.859. The first-order valence-corrected chi connectivity index (χ1v) is 8.32. The Morgan fingerprint density at radius 2 is 1.52 bits per heavy atom. The van der Waals surface area contributed by atoms with E-state index in [4.69, 9.17) is 4.74 Å². The zero-order valence-electron chi connectivity index (χ0n) is 11.9. The van der Waals surface area contributed by atoms with Gasteiger partial charge in [0.05, 0.1) is 6.61 Å². The van der Waals surface area contributed by atoms with E-state index in [0.717, 1.165) is 30.5 Å². The summed E-state index contributed by atoms with van der Waals surface area (Å²) in [7, 11) is 0. The van der Waals surface area contributed by atoms with Crippen molar-refractivity contribution in [1.82, 2.24) is 0 Å². The van der Waals surface area contributed by atoms with Crippen molar-refractivity contribution in [1.29, 1.82) is 0 Å². The number of benzene rings is 2. The summed E-state index contributed by atoms with van der Waals surface area (Å²) >= 11 is 3.41. The maximum atomic E-state index is 12.2. The van der Waals surface area contributed by atoms with Crippen LogP contribution >= 0.6 is 15.9 Å². The van der Waals surface area contributed by atoms with Gasteiger partial charge in [-0.15, -0.1) is 0 Å². The molecule has 2 aromatic rings. The van der Waals surface area contributed by atoms with Gasteiger partial charge < -0.3 is 4.74 Å². The van der Waals surface area contributed by atoms with E-state index in [1.807, 2.05) is 54.6 Å². The van der Waals surface area contributed by atoms with Crippen molar-refractivity contribution in [2.24, 2.45) is 0 Å². The molecule has 0 spiro atoms. The Bertz CT molecular complexity index is 549. The Hall–Kier alpha value is -1.61. The summed E-state index contributed by atoms with van der Waals surface area (Å²) < 4.78 is 5.67. The minimum absolute atomic E-state index is 0.0412. The molecule has 0 N–H and O–H groups in total. The lowest BCUT2D eigenvalue weighted by atomic mass is 10.0. The van der Waals surface area contributed by atoms with E-state index < -0.39 is 0 Å². The summed E-state index contributed by atoms with van der Waals surface area (Å²) in [5, 5.41) is 1.04. The molecule has 0 heterocycles. The van der Waals surface area contributed by atoms with Gasteiger partial charge in [0.25, 0.3) is 0 Å². The van der Waals surface area contributed by atoms with Crippen molar-refractivity contribution in [2.75, 3.05) is 11.9 Å². The van der Waals surface area contributed by atoms with Gasteiger partial charge in [0.1, 0.15) is 5.75 Å². The number of carbonyl (C=O) groups excluding carboxylic acids is 1. The third-order valence-electron chi connectivity index (χ3n) is 3.20. The molecular weight excluding hydrogens is 328 g/mol. The molecule has 0 aliphatic rings.